The lowest BCUT2D eigenvalue weighted by atomic mass is 10.3. The molecule has 0 aliphatic heterocycles. The molecule has 2 amide bonds. The number of carbonyl (C=O) groups is 2. The van der Waals surface area contributed by atoms with Crippen molar-refractivity contribution in [2.24, 2.45) is 0 Å². The van der Waals surface area contributed by atoms with Crippen molar-refractivity contribution in [2.45, 2.75) is 19.9 Å². The zero-order chi connectivity index (χ0) is 12.8. The van der Waals surface area contributed by atoms with E-state index in [1.807, 2.05) is 13.8 Å². The highest BCUT2D eigenvalue weighted by Gasteiger charge is 2.09. The van der Waals surface area contributed by atoms with Crippen molar-refractivity contribution in [3.63, 3.8) is 0 Å². The number of hydrogen-bond donors (Lipinski definition) is 3. The molecular weight excluding hydrogens is 224 g/mol. The van der Waals surface area contributed by atoms with Gasteiger partial charge in [0, 0.05) is 12.1 Å². The molecule has 0 spiro atoms. The van der Waals surface area contributed by atoms with E-state index in [9.17, 15) is 14.4 Å². The Morgan fingerprint density at radius 2 is 2.12 bits per heavy atom. The Kier molecular flexibility index (Phi) is 4.38. The summed E-state index contributed by atoms with van der Waals surface area (Å²) in [6.07, 6.45) is 0. The first-order valence-electron chi connectivity index (χ1n) is 5.12. The van der Waals surface area contributed by atoms with Gasteiger partial charge < -0.3 is 10.6 Å². The predicted molar refractivity (Wildman–Crippen MR) is 60.5 cm³/mol. The number of aromatic nitrogens is 2. The topological polar surface area (TPSA) is 104 Å². The van der Waals surface area contributed by atoms with Gasteiger partial charge in [-0.25, -0.2) is 5.10 Å². The largest absolute Gasteiger partial charge is 0.352 e. The van der Waals surface area contributed by atoms with Crippen LogP contribution in [0.5, 0.6) is 0 Å². The molecule has 7 heteroatoms. The Balaban J connectivity index is 2.47. The second-order valence-electron chi connectivity index (χ2n) is 3.71. The molecule has 0 aliphatic rings. The molecule has 1 aromatic rings. The molecule has 3 N–H and O–H groups in total. The summed E-state index contributed by atoms with van der Waals surface area (Å²) in [5.74, 6) is -0.794. The van der Waals surface area contributed by atoms with Crippen LogP contribution < -0.4 is 16.2 Å². The van der Waals surface area contributed by atoms with E-state index in [0.29, 0.717) is 0 Å². The third-order valence-electron chi connectivity index (χ3n) is 1.77. The Labute approximate surface area is 97.6 Å². The first-order chi connectivity index (χ1) is 7.99. The van der Waals surface area contributed by atoms with Crippen molar-refractivity contribution < 1.29 is 9.59 Å². The van der Waals surface area contributed by atoms with Gasteiger partial charge in [0.1, 0.15) is 5.69 Å². The van der Waals surface area contributed by atoms with Crippen LogP contribution in [0.15, 0.2) is 16.9 Å². The standard InChI is InChI=1S/C10H14N4O3/c1-6(2)12-9(16)5-11-10(17)7-3-4-8(15)14-13-7/h3-4,6H,5H2,1-2H3,(H,11,17)(H,12,16)(H,14,15). The molecule has 0 saturated carbocycles. The second-order valence-corrected chi connectivity index (χ2v) is 3.71. The smallest absolute Gasteiger partial charge is 0.272 e. The Bertz CT molecular complexity index is 446. The van der Waals surface area contributed by atoms with Gasteiger partial charge in [0.05, 0.1) is 6.54 Å². The van der Waals surface area contributed by atoms with E-state index in [4.69, 9.17) is 0 Å². The quantitative estimate of drug-likeness (QED) is 0.627. The van der Waals surface area contributed by atoms with Crippen LogP contribution in [0.3, 0.4) is 0 Å². The monoisotopic (exact) mass is 238 g/mol. The van der Waals surface area contributed by atoms with E-state index in [2.05, 4.69) is 20.8 Å². The molecule has 0 saturated heterocycles. The van der Waals surface area contributed by atoms with Gasteiger partial charge in [-0.15, -0.1) is 0 Å². The molecule has 17 heavy (non-hydrogen) atoms. The molecule has 7 nitrogen and oxygen atoms in total. The van der Waals surface area contributed by atoms with Gasteiger partial charge in [-0.3, -0.25) is 14.4 Å². The zero-order valence-electron chi connectivity index (χ0n) is 9.61. The molecular formula is C10H14N4O3. The maximum Gasteiger partial charge on any atom is 0.272 e. The van der Waals surface area contributed by atoms with Gasteiger partial charge in [0.2, 0.25) is 5.91 Å². The molecule has 0 bridgehead atoms. The molecule has 0 aliphatic carbocycles. The first kappa shape index (κ1) is 12.9. The number of amides is 2. The number of H-pyrrole nitrogens is 1. The van der Waals surface area contributed by atoms with E-state index in [-0.39, 0.29) is 29.7 Å². The van der Waals surface area contributed by atoms with Gasteiger partial charge >= 0.3 is 0 Å². The van der Waals surface area contributed by atoms with Crippen molar-refractivity contribution in [1.82, 2.24) is 20.8 Å². The van der Waals surface area contributed by atoms with Crippen LogP contribution in [0.2, 0.25) is 0 Å². The summed E-state index contributed by atoms with van der Waals surface area (Å²) >= 11 is 0. The summed E-state index contributed by atoms with van der Waals surface area (Å²) < 4.78 is 0. The Hall–Kier alpha value is -2.18. The minimum absolute atomic E-state index is 0.0191. The summed E-state index contributed by atoms with van der Waals surface area (Å²) in [4.78, 5) is 33.4. The number of carbonyl (C=O) groups excluding carboxylic acids is 2. The van der Waals surface area contributed by atoms with Gasteiger partial charge in [-0.2, -0.15) is 5.10 Å². The second kappa shape index (κ2) is 5.78. The molecule has 0 atom stereocenters. The fourth-order valence-corrected chi connectivity index (χ4v) is 1.10. The zero-order valence-corrected chi connectivity index (χ0v) is 9.61. The number of hydrogen-bond acceptors (Lipinski definition) is 4. The molecule has 0 radical (unpaired) electrons. The lowest BCUT2D eigenvalue weighted by molar-refractivity contribution is -0.120. The van der Waals surface area contributed by atoms with Crippen LogP contribution in [0.25, 0.3) is 0 Å². The number of rotatable bonds is 4. The maximum absolute atomic E-state index is 11.5. The van der Waals surface area contributed by atoms with Crippen LogP contribution in [-0.2, 0) is 4.79 Å². The minimum Gasteiger partial charge on any atom is -0.352 e. The van der Waals surface area contributed by atoms with Crippen LogP contribution in [-0.4, -0.2) is 34.6 Å². The lowest BCUT2D eigenvalue weighted by Gasteiger charge is -2.08. The third-order valence-corrected chi connectivity index (χ3v) is 1.77. The Morgan fingerprint density at radius 1 is 1.41 bits per heavy atom. The average Bonchev–Trinajstić information content (AvgIpc) is 2.26. The van der Waals surface area contributed by atoms with E-state index in [1.54, 1.807) is 0 Å². The number of nitrogens with zero attached hydrogens (tertiary/aromatic N) is 1. The SMILES string of the molecule is CC(C)NC(=O)CNC(=O)c1ccc(=O)[nH]n1. The minimum atomic E-state index is -0.514. The molecule has 1 aromatic heterocycles. The van der Waals surface area contributed by atoms with E-state index in [1.165, 1.54) is 12.1 Å². The molecule has 1 rings (SSSR count). The molecule has 0 fully saturated rings. The maximum atomic E-state index is 11.5. The summed E-state index contributed by atoms with van der Waals surface area (Å²) in [5.41, 5.74) is -0.332. The van der Waals surface area contributed by atoms with Crippen molar-refractivity contribution in [2.75, 3.05) is 6.54 Å². The highest BCUT2D eigenvalue weighted by molar-refractivity contribution is 5.94. The van der Waals surface area contributed by atoms with E-state index < -0.39 is 5.91 Å². The fraction of sp³-hybridized carbons (Fsp3) is 0.400. The number of nitrogens with one attached hydrogen (secondary N) is 3. The van der Waals surface area contributed by atoms with Gasteiger partial charge in [0.25, 0.3) is 11.5 Å². The highest BCUT2D eigenvalue weighted by atomic mass is 16.2. The van der Waals surface area contributed by atoms with Crippen LogP contribution in [0, 0.1) is 0 Å². The third kappa shape index (κ3) is 4.45. The number of aromatic amines is 1. The first-order valence-corrected chi connectivity index (χ1v) is 5.12. The highest BCUT2D eigenvalue weighted by Crippen LogP contribution is 1.87. The lowest BCUT2D eigenvalue weighted by Crippen LogP contribution is -2.40. The normalized spacial score (nSPS) is 10.1. The van der Waals surface area contributed by atoms with Crippen molar-refractivity contribution in [3.05, 3.63) is 28.2 Å². The summed E-state index contributed by atoms with van der Waals surface area (Å²) in [6.45, 7) is 3.52. The summed E-state index contributed by atoms with van der Waals surface area (Å²) in [6, 6.07) is 2.50. The molecule has 0 aromatic carbocycles. The molecule has 92 valence electrons. The van der Waals surface area contributed by atoms with E-state index in [0.717, 1.165) is 0 Å². The van der Waals surface area contributed by atoms with Crippen LogP contribution in [0.4, 0.5) is 0 Å². The van der Waals surface area contributed by atoms with E-state index >= 15 is 0 Å². The van der Waals surface area contributed by atoms with Crippen LogP contribution >= 0.6 is 0 Å². The predicted octanol–water partition coefficient (Wildman–Crippen LogP) is -0.976. The molecule has 1 heterocycles. The van der Waals surface area contributed by atoms with Crippen molar-refractivity contribution in [3.8, 4) is 0 Å². The van der Waals surface area contributed by atoms with Crippen molar-refractivity contribution in [1.29, 1.82) is 0 Å². The van der Waals surface area contributed by atoms with Crippen LogP contribution in [0.1, 0.15) is 24.3 Å². The summed E-state index contributed by atoms with van der Waals surface area (Å²) in [5, 5.41) is 10.7. The molecule has 0 unspecified atom stereocenters. The van der Waals surface area contributed by atoms with Gasteiger partial charge in [-0.1, -0.05) is 0 Å². The van der Waals surface area contributed by atoms with Crippen molar-refractivity contribution >= 4 is 11.8 Å². The Morgan fingerprint density at radius 3 is 2.65 bits per heavy atom. The summed E-state index contributed by atoms with van der Waals surface area (Å²) in [7, 11) is 0. The average molecular weight is 238 g/mol. The fourth-order valence-electron chi connectivity index (χ4n) is 1.10. The van der Waals surface area contributed by atoms with Gasteiger partial charge in [-0.05, 0) is 19.9 Å². The van der Waals surface area contributed by atoms with Gasteiger partial charge in [0.15, 0.2) is 0 Å².